The average Bonchev–Trinajstić information content (AvgIpc) is 3.30. The highest BCUT2D eigenvalue weighted by atomic mass is 16.7. The molecule has 1 atom stereocenters. The number of amides is 1. The molecule has 0 radical (unpaired) electrons. The van der Waals surface area contributed by atoms with Crippen LogP contribution in [0, 0.1) is 6.92 Å². The maximum atomic E-state index is 12.4. The number of benzene rings is 2. The molecular formula is C21H19NO6. The maximum absolute atomic E-state index is 12.4. The standard InChI is InChI=1S/C21H19NO6/c1-12-15-5-3-4-6-16(15)28-19(12)21(24)27-13(2)20(23)22-10-14-7-8-17-18(9-14)26-11-25-17/h3-9,13H,10-11H2,1-2H3,(H,22,23)/t13-/m1/s1. The van der Waals surface area contributed by atoms with Gasteiger partial charge in [-0.2, -0.15) is 0 Å². The Balaban J connectivity index is 1.37. The van der Waals surface area contributed by atoms with Gasteiger partial charge in [0.2, 0.25) is 12.6 Å². The second-order valence-corrected chi connectivity index (χ2v) is 6.51. The lowest BCUT2D eigenvalue weighted by Gasteiger charge is -2.13. The lowest BCUT2D eigenvalue weighted by Crippen LogP contribution is -2.35. The van der Waals surface area contributed by atoms with E-state index >= 15 is 0 Å². The highest BCUT2D eigenvalue weighted by Gasteiger charge is 2.24. The molecule has 7 nitrogen and oxygen atoms in total. The van der Waals surface area contributed by atoms with Crippen molar-refractivity contribution in [1.82, 2.24) is 5.32 Å². The summed E-state index contributed by atoms with van der Waals surface area (Å²) in [5, 5.41) is 3.59. The minimum absolute atomic E-state index is 0.108. The molecule has 1 aliphatic rings. The zero-order chi connectivity index (χ0) is 19.7. The molecule has 0 bridgehead atoms. The average molecular weight is 381 g/mol. The first-order valence-electron chi connectivity index (χ1n) is 8.88. The highest BCUT2D eigenvalue weighted by Crippen LogP contribution is 2.32. The fourth-order valence-electron chi connectivity index (χ4n) is 3.02. The first-order chi connectivity index (χ1) is 13.5. The van der Waals surface area contributed by atoms with E-state index in [4.69, 9.17) is 18.6 Å². The van der Waals surface area contributed by atoms with Gasteiger partial charge < -0.3 is 23.9 Å². The molecule has 1 aromatic heterocycles. The second-order valence-electron chi connectivity index (χ2n) is 6.51. The zero-order valence-corrected chi connectivity index (χ0v) is 15.5. The van der Waals surface area contributed by atoms with Crippen LogP contribution in [0.4, 0.5) is 0 Å². The molecule has 3 aromatic rings. The van der Waals surface area contributed by atoms with Crippen LogP contribution in [0.15, 0.2) is 46.9 Å². The minimum Gasteiger partial charge on any atom is -0.454 e. The highest BCUT2D eigenvalue weighted by molar-refractivity contribution is 5.97. The van der Waals surface area contributed by atoms with Gasteiger partial charge in [-0.3, -0.25) is 4.79 Å². The third kappa shape index (κ3) is 3.38. The number of fused-ring (bicyclic) bond motifs is 2. The lowest BCUT2D eigenvalue weighted by atomic mass is 10.1. The van der Waals surface area contributed by atoms with E-state index in [1.165, 1.54) is 6.92 Å². The van der Waals surface area contributed by atoms with Crippen molar-refractivity contribution in [1.29, 1.82) is 0 Å². The normalized spacial score (nSPS) is 13.4. The van der Waals surface area contributed by atoms with E-state index in [0.29, 0.717) is 22.6 Å². The molecule has 0 spiro atoms. The van der Waals surface area contributed by atoms with E-state index in [0.717, 1.165) is 10.9 Å². The topological polar surface area (TPSA) is 87.0 Å². The Hall–Kier alpha value is -3.48. The Morgan fingerprint density at radius 3 is 2.75 bits per heavy atom. The molecule has 1 N–H and O–H groups in total. The van der Waals surface area contributed by atoms with Crippen LogP contribution < -0.4 is 14.8 Å². The molecular weight excluding hydrogens is 362 g/mol. The maximum Gasteiger partial charge on any atom is 0.375 e. The third-order valence-corrected chi connectivity index (χ3v) is 4.59. The summed E-state index contributed by atoms with van der Waals surface area (Å²) in [6.07, 6.45) is -0.964. The van der Waals surface area contributed by atoms with Gasteiger partial charge in [-0.25, -0.2) is 4.79 Å². The van der Waals surface area contributed by atoms with E-state index in [-0.39, 0.29) is 19.1 Å². The van der Waals surface area contributed by atoms with Crippen molar-refractivity contribution in [3.8, 4) is 11.5 Å². The summed E-state index contributed by atoms with van der Waals surface area (Å²) in [7, 11) is 0. The van der Waals surface area contributed by atoms with Gasteiger partial charge in [-0.05, 0) is 37.6 Å². The van der Waals surface area contributed by atoms with Crippen molar-refractivity contribution in [2.75, 3.05) is 6.79 Å². The lowest BCUT2D eigenvalue weighted by molar-refractivity contribution is -0.129. The van der Waals surface area contributed by atoms with Gasteiger partial charge in [-0.1, -0.05) is 24.3 Å². The van der Waals surface area contributed by atoms with Crippen LogP contribution in [0.5, 0.6) is 11.5 Å². The summed E-state index contributed by atoms with van der Waals surface area (Å²) in [6.45, 7) is 3.78. The van der Waals surface area contributed by atoms with Crippen molar-refractivity contribution in [3.05, 3.63) is 59.4 Å². The molecule has 0 unspecified atom stereocenters. The van der Waals surface area contributed by atoms with E-state index < -0.39 is 18.0 Å². The molecule has 1 aliphatic heterocycles. The number of hydrogen-bond donors (Lipinski definition) is 1. The van der Waals surface area contributed by atoms with E-state index in [9.17, 15) is 9.59 Å². The van der Waals surface area contributed by atoms with Crippen molar-refractivity contribution < 1.29 is 28.2 Å². The molecule has 4 rings (SSSR count). The predicted octanol–water partition coefficient (Wildman–Crippen LogP) is 3.33. The van der Waals surface area contributed by atoms with Crippen molar-refractivity contribution in [2.24, 2.45) is 0 Å². The second kappa shape index (κ2) is 7.26. The van der Waals surface area contributed by atoms with Crippen LogP contribution in [-0.2, 0) is 16.1 Å². The third-order valence-electron chi connectivity index (χ3n) is 4.59. The number of rotatable bonds is 5. The smallest absolute Gasteiger partial charge is 0.375 e. The fourth-order valence-corrected chi connectivity index (χ4v) is 3.02. The Bertz CT molecular complexity index is 1050. The monoisotopic (exact) mass is 381 g/mol. The minimum atomic E-state index is -0.964. The van der Waals surface area contributed by atoms with E-state index in [2.05, 4.69) is 5.32 Å². The van der Waals surface area contributed by atoms with Crippen LogP contribution >= 0.6 is 0 Å². The van der Waals surface area contributed by atoms with Crippen LogP contribution in [0.2, 0.25) is 0 Å². The Labute approximate surface area is 161 Å². The molecule has 28 heavy (non-hydrogen) atoms. The largest absolute Gasteiger partial charge is 0.454 e. The number of aryl methyl sites for hydroxylation is 1. The summed E-state index contributed by atoms with van der Waals surface area (Å²) in [4.78, 5) is 24.7. The van der Waals surface area contributed by atoms with Gasteiger partial charge in [0.05, 0.1) is 0 Å². The van der Waals surface area contributed by atoms with Gasteiger partial charge >= 0.3 is 5.97 Å². The molecule has 1 amide bonds. The summed E-state index contributed by atoms with van der Waals surface area (Å²) in [5.74, 6) is 0.362. The molecule has 144 valence electrons. The number of carbonyl (C=O) groups is 2. The van der Waals surface area contributed by atoms with E-state index in [1.54, 1.807) is 25.1 Å². The number of nitrogens with one attached hydrogen (secondary N) is 1. The fraction of sp³-hybridized carbons (Fsp3) is 0.238. The van der Waals surface area contributed by atoms with E-state index in [1.807, 2.05) is 24.3 Å². The molecule has 0 aliphatic carbocycles. The molecule has 7 heteroatoms. The molecule has 2 aromatic carbocycles. The number of ether oxygens (including phenoxy) is 3. The number of carbonyl (C=O) groups excluding carboxylic acids is 2. The summed E-state index contributed by atoms with van der Waals surface area (Å²) >= 11 is 0. The number of furan rings is 1. The van der Waals surface area contributed by atoms with Crippen molar-refractivity contribution in [3.63, 3.8) is 0 Å². The number of hydrogen-bond acceptors (Lipinski definition) is 6. The molecule has 2 heterocycles. The van der Waals surface area contributed by atoms with Gasteiger partial charge in [0.25, 0.3) is 5.91 Å². The molecule has 0 fully saturated rings. The van der Waals surface area contributed by atoms with Crippen LogP contribution in [0.1, 0.15) is 28.6 Å². The van der Waals surface area contributed by atoms with Crippen LogP contribution in [-0.4, -0.2) is 24.8 Å². The Morgan fingerprint density at radius 2 is 1.93 bits per heavy atom. The zero-order valence-electron chi connectivity index (χ0n) is 15.5. The number of para-hydroxylation sites is 1. The summed E-state index contributed by atoms with van der Waals surface area (Å²) in [6, 6.07) is 12.8. The number of esters is 1. The summed E-state index contributed by atoms with van der Waals surface area (Å²) < 4.78 is 21.4. The molecule has 0 saturated heterocycles. The summed E-state index contributed by atoms with van der Waals surface area (Å²) in [5.41, 5.74) is 2.14. The Morgan fingerprint density at radius 1 is 1.14 bits per heavy atom. The first-order valence-corrected chi connectivity index (χ1v) is 8.88. The SMILES string of the molecule is Cc1c(C(=O)O[C@H](C)C(=O)NCc2ccc3c(c2)OCO3)oc2ccccc12. The van der Waals surface area contributed by atoms with Crippen molar-refractivity contribution >= 4 is 22.8 Å². The Kier molecular flexibility index (Phi) is 4.65. The van der Waals surface area contributed by atoms with Crippen LogP contribution in [0.25, 0.3) is 11.0 Å². The van der Waals surface area contributed by atoms with Gasteiger partial charge in [-0.15, -0.1) is 0 Å². The van der Waals surface area contributed by atoms with Crippen molar-refractivity contribution in [2.45, 2.75) is 26.5 Å². The quantitative estimate of drug-likeness (QED) is 0.682. The van der Waals surface area contributed by atoms with Gasteiger partial charge in [0.15, 0.2) is 17.6 Å². The predicted molar refractivity (Wildman–Crippen MR) is 100 cm³/mol. The molecule has 0 saturated carbocycles. The first kappa shape index (κ1) is 17.9. The van der Waals surface area contributed by atoms with Gasteiger partial charge in [0.1, 0.15) is 5.58 Å². The van der Waals surface area contributed by atoms with Crippen LogP contribution in [0.3, 0.4) is 0 Å². The van der Waals surface area contributed by atoms with Gasteiger partial charge in [0, 0.05) is 17.5 Å².